The smallest absolute Gasteiger partial charge is 0.217 e. The summed E-state index contributed by atoms with van der Waals surface area (Å²) in [5.74, 6) is 0. The van der Waals surface area contributed by atoms with Crippen LogP contribution in [0, 0.1) is 0 Å². The summed E-state index contributed by atoms with van der Waals surface area (Å²) in [6, 6.07) is 0. The molecule has 0 aliphatic carbocycles. The van der Waals surface area contributed by atoms with Gasteiger partial charge >= 0.3 is 0 Å². The van der Waals surface area contributed by atoms with Crippen molar-refractivity contribution >= 4 is 15.9 Å². The van der Waals surface area contributed by atoms with E-state index < -0.39 is 0 Å². The highest BCUT2D eigenvalue weighted by atomic mass is 79.9. The average molecular weight is 192 g/mol. The largest absolute Gasteiger partial charge is 0.394 e. The van der Waals surface area contributed by atoms with E-state index in [-0.39, 0.29) is 6.61 Å². The summed E-state index contributed by atoms with van der Waals surface area (Å²) in [5.41, 5.74) is 0. The lowest BCUT2D eigenvalue weighted by molar-refractivity contribution is 0.269. The second-order valence-electron chi connectivity index (χ2n) is 1.50. The molecule has 0 radical (unpaired) electrons. The Morgan fingerprint density at radius 3 is 3.00 bits per heavy atom. The lowest BCUT2D eigenvalue weighted by atomic mass is 10.7. The van der Waals surface area contributed by atoms with Crippen molar-refractivity contribution in [2.45, 2.75) is 6.54 Å². The first-order valence-electron chi connectivity index (χ1n) is 2.49. The van der Waals surface area contributed by atoms with Crippen LogP contribution in [-0.2, 0) is 6.54 Å². The second kappa shape index (κ2) is 2.93. The summed E-state index contributed by atoms with van der Waals surface area (Å²) < 4.78 is 2.11. The molecule has 5 heteroatoms. The number of aliphatic hydroxyl groups excluding tert-OH is 1. The van der Waals surface area contributed by atoms with E-state index in [1.807, 2.05) is 0 Å². The summed E-state index contributed by atoms with van der Waals surface area (Å²) in [6.45, 7) is 0.592. The Morgan fingerprint density at radius 1 is 1.78 bits per heavy atom. The molecule has 0 amide bonds. The van der Waals surface area contributed by atoms with Crippen LogP contribution in [0.1, 0.15) is 0 Å². The molecule has 0 saturated heterocycles. The minimum absolute atomic E-state index is 0.0931. The van der Waals surface area contributed by atoms with E-state index in [4.69, 9.17) is 5.11 Å². The Bertz CT molecular complexity index is 188. The summed E-state index contributed by atoms with van der Waals surface area (Å²) in [6.07, 6.45) is 1.56. The van der Waals surface area contributed by atoms with Gasteiger partial charge in [0.25, 0.3) is 0 Å². The van der Waals surface area contributed by atoms with E-state index in [0.717, 1.165) is 0 Å². The molecule has 0 aromatic carbocycles. The highest BCUT2D eigenvalue weighted by Gasteiger charge is 1.92. The molecule has 9 heavy (non-hydrogen) atoms. The molecule has 0 saturated carbocycles. The maximum atomic E-state index is 8.43. The fraction of sp³-hybridized carbons (Fsp3) is 0.500. The SMILES string of the molecule is OCCn1cnc(Br)n1. The summed E-state index contributed by atoms with van der Waals surface area (Å²) in [7, 11) is 0. The van der Waals surface area contributed by atoms with Crippen molar-refractivity contribution in [3.8, 4) is 0 Å². The Labute approximate surface area is 60.6 Å². The number of aromatic nitrogens is 3. The molecule has 1 N–H and O–H groups in total. The van der Waals surface area contributed by atoms with Crippen molar-refractivity contribution in [3.63, 3.8) is 0 Å². The van der Waals surface area contributed by atoms with Gasteiger partial charge < -0.3 is 5.11 Å². The van der Waals surface area contributed by atoms with Crippen LogP contribution in [0.4, 0.5) is 0 Å². The minimum atomic E-state index is 0.0931. The number of aliphatic hydroxyl groups is 1. The molecular formula is C4H6BrN3O. The van der Waals surface area contributed by atoms with Crippen LogP contribution in [-0.4, -0.2) is 26.5 Å². The molecule has 0 aliphatic heterocycles. The van der Waals surface area contributed by atoms with Crippen molar-refractivity contribution < 1.29 is 5.11 Å². The van der Waals surface area contributed by atoms with Crippen molar-refractivity contribution in [2.75, 3.05) is 6.61 Å². The van der Waals surface area contributed by atoms with Gasteiger partial charge in [-0.25, -0.2) is 9.67 Å². The van der Waals surface area contributed by atoms with E-state index in [0.29, 0.717) is 11.3 Å². The fourth-order valence-corrected chi connectivity index (χ4v) is 0.777. The van der Waals surface area contributed by atoms with Gasteiger partial charge in [0.15, 0.2) is 0 Å². The van der Waals surface area contributed by atoms with Crippen molar-refractivity contribution in [2.24, 2.45) is 0 Å². The Hall–Kier alpha value is -0.420. The van der Waals surface area contributed by atoms with E-state index >= 15 is 0 Å². The number of hydrogen-bond donors (Lipinski definition) is 1. The van der Waals surface area contributed by atoms with Crippen LogP contribution in [0.25, 0.3) is 0 Å². The molecule has 4 nitrogen and oxygen atoms in total. The van der Waals surface area contributed by atoms with Crippen LogP contribution >= 0.6 is 15.9 Å². The highest BCUT2D eigenvalue weighted by molar-refractivity contribution is 9.10. The predicted octanol–water partition coefficient (Wildman–Crippen LogP) is 0.0329. The standard InChI is InChI=1S/C4H6BrN3O/c5-4-6-3-8(7-4)1-2-9/h3,9H,1-2H2. The molecule has 0 aliphatic rings. The first-order valence-corrected chi connectivity index (χ1v) is 3.28. The van der Waals surface area contributed by atoms with Crippen LogP contribution in [0.2, 0.25) is 0 Å². The highest BCUT2D eigenvalue weighted by Crippen LogP contribution is 1.97. The first kappa shape index (κ1) is 6.70. The monoisotopic (exact) mass is 191 g/mol. The van der Waals surface area contributed by atoms with Gasteiger partial charge in [0.05, 0.1) is 13.2 Å². The maximum Gasteiger partial charge on any atom is 0.217 e. The molecule has 1 aromatic rings. The van der Waals surface area contributed by atoms with Gasteiger partial charge in [0.1, 0.15) is 6.33 Å². The molecule has 0 unspecified atom stereocenters. The molecule has 1 heterocycles. The lowest BCUT2D eigenvalue weighted by Crippen LogP contribution is -2.01. The normalized spacial score (nSPS) is 10.0. The van der Waals surface area contributed by atoms with Gasteiger partial charge in [-0.3, -0.25) is 0 Å². The third-order valence-corrected chi connectivity index (χ3v) is 1.20. The number of hydrogen-bond acceptors (Lipinski definition) is 3. The summed E-state index contributed by atoms with van der Waals surface area (Å²) in [5, 5.41) is 12.3. The Morgan fingerprint density at radius 2 is 2.56 bits per heavy atom. The third-order valence-electron chi connectivity index (χ3n) is 0.838. The zero-order valence-electron chi connectivity index (χ0n) is 4.66. The molecule has 1 rings (SSSR count). The van der Waals surface area contributed by atoms with Crippen LogP contribution in [0.5, 0.6) is 0 Å². The average Bonchev–Trinajstić information content (AvgIpc) is 2.17. The Balaban J connectivity index is 2.61. The van der Waals surface area contributed by atoms with E-state index in [9.17, 15) is 0 Å². The molecule has 0 atom stereocenters. The molecule has 0 spiro atoms. The fourth-order valence-electron chi connectivity index (χ4n) is 0.482. The molecule has 0 bridgehead atoms. The first-order chi connectivity index (χ1) is 4.33. The molecule has 0 fully saturated rings. The third kappa shape index (κ3) is 1.76. The molecule has 50 valence electrons. The Kier molecular flexibility index (Phi) is 2.18. The van der Waals surface area contributed by atoms with Crippen LogP contribution in [0.15, 0.2) is 11.1 Å². The second-order valence-corrected chi connectivity index (χ2v) is 2.21. The van der Waals surface area contributed by atoms with Crippen LogP contribution in [0.3, 0.4) is 0 Å². The summed E-state index contributed by atoms with van der Waals surface area (Å²) >= 11 is 3.08. The lowest BCUT2D eigenvalue weighted by Gasteiger charge is -1.91. The van der Waals surface area contributed by atoms with E-state index in [1.165, 1.54) is 0 Å². The quantitative estimate of drug-likeness (QED) is 0.719. The van der Waals surface area contributed by atoms with Gasteiger partial charge in [-0.1, -0.05) is 0 Å². The van der Waals surface area contributed by atoms with Crippen molar-refractivity contribution in [1.29, 1.82) is 0 Å². The van der Waals surface area contributed by atoms with Crippen LogP contribution < -0.4 is 0 Å². The van der Waals surface area contributed by atoms with E-state index in [2.05, 4.69) is 26.0 Å². The van der Waals surface area contributed by atoms with Crippen molar-refractivity contribution in [3.05, 3.63) is 11.1 Å². The predicted molar refractivity (Wildman–Crippen MR) is 34.8 cm³/mol. The van der Waals surface area contributed by atoms with Gasteiger partial charge in [-0.2, -0.15) is 0 Å². The number of halogens is 1. The van der Waals surface area contributed by atoms with Crippen molar-refractivity contribution in [1.82, 2.24) is 14.8 Å². The number of nitrogens with zero attached hydrogens (tertiary/aromatic N) is 3. The van der Waals surface area contributed by atoms with Gasteiger partial charge in [-0.05, 0) is 15.9 Å². The topological polar surface area (TPSA) is 50.9 Å². The minimum Gasteiger partial charge on any atom is -0.394 e. The molecular weight excluding hydrogens is 186 g/mol. The zero-order valence-corrected chi connectivity index (χ0v) is 6.24. The van der Waals surface area contributed by atoms with Gasteiger partial charge in [0.2, 0.25) is 4.73 Å². The zero-order chi connectivity index (χ0) is 6.69. The van der Waals surface area contributed by atoms with Gasteiger partial charge in [-0.15, -0.1) is 5.10 Å². The number of rotatable bonds is 2. The maximum absolute atomic E-state index is 8.43. The van der Waals surface area contributed by atoms with Gasteiger partial charge in [0, 0.05) is 0 Å². The summed E-state index contributed by atoms with van der Waals surface area (Å²) in [4.78, 5) is 3.79. The molecule has 1 aromatic heterocycles. The van der Waals surface area contributed by atoms with E-state index in [1.54, 1.807) is 11.0 Å².